The summed E-state index contributed by atoms with van der Waals surface area (Å²) in [5, 5.41) is 3.18. The van der Waals surface area contributed by atoms with Crippen LogP contribution in [0.15, 0.2) is 36.4 Å². The number of hydrogen-bond acceptors (Lipinski definition) is 3. The molecule has 2 aromatic rings. The lowest BCUT2D eigenvalue weighted by Gasteiger charge is -2.15. The fourth-order valence-electron chi connectivity index (χ4n) is 1.74. The van der Waals surface area contributed by atoms with Crippen LogP contribution in [-0.4, -0.2) is 6.10 Å². The van der Waals surface area contributed by atoms with Gasteiger partial charge in [-0.05, 0) is 54.6 Å². The number of nitrogens with two attached hydrogens (primary N) is 1. The van der Waals surface area contributed by atoms with Crippen LogP contribution in [0.4, 0.5) is 21.5 Å². The molecule has 0 spiro atoms. The zero-order valence-electron chi connectivity index (χ0n) is 11.3. The van der Waals surface area contributed by atoms with Gasteiger partial charge in [-0.1, -0.05) is 6.07 Å². The van der Waals surface area contributed by atoms with Crippen LogP contribution in [0.25, 0.3) is 0 Å². The number of anilines is 3. The Kier molecular flexibility index (Phi) is 4.69. The van der Waals surface area contributed by atoms with Crippen molar-refractivity contribution in [1.29, 1.82) is 0 Å². The largest absolute Gasteiger partial charge is 0.488 e. The van der Waals surface area contributed by atoms with E-state index in [0.29, 0.717) is 11.4 Å². The van der Waals surface area contributed by atoms with Gasteiger partial charge >= 0.3 is 0 Å². The van der Waals surface area contributed by atoms with Gasteiger partial charge in [0.1, 0.15) is 0 Å². The Labute approximate surface area is 131 Å². The first-order chi connectivity index (χ1) is 9.45. The molecule has 0 heterocycles. The predicted molar refractivity (Wildman–Crippen MR) is 89.0 cm³/mol. The van der Waals surface area contributed by atoms with E-state index in [-0.39, 0.29) is 11.9 Å². The highest BCUT2D eigenvalue weighted by Gasteiger charge is 2.11. The molecule has 5 heteroatoms. The second-order valence-electron chi connectivity index (χ2n) is 4.67. The Morgan fingerprint density at radius 1 is 1.25 bits per heavy atom. The van der Waals surface area contributed by atoms with Gasteiger partial charge in [0.25, 0.3) is 0 Å². The third kappa shape index (κ3) is 3.75. The summed E-state index contributed by atoms with van der Waals surface area (Å²) < 4.78 is 20.3. The maximum absolute atomic E-state index is 13.8. The Hall–Kier alpha value is -1.50. The molecule has 2 aromatic carbocycles. The van der Waals surface area contributed by atoms with Crippen molar-refractivity contribution in [3.05, 3.63) is 45.8 Å². The van der Waals surface area contributed by atoms with E-state index in [1.54, 1.807) is 6.07 Å². The van der Waals surface area contributed by atoms with Crippen LogP contribution in [-0.2, 0) is 0 Å². The van der Waals surface area contributed by atoms with E-state index in [0.717, 1.165) is 9.26 Å². The van der Waals surface area contributed by atoms with Gasteiger partial charge in [-0.15, -0.1) is 0 Å². The molecule has 0 aliphatic carbocycles. The predicted octanol–water partition coefficient (Wildman–Crippen LogP) is 4.54. The average molecular weight is 386 g/mol. The summed E-state index contributed by atoms with van der Waals surface area (Å²) in [6.45, 7) is 3.70. The van der Waals surface area contributed by atoms with Gasteiger partial charge in [-0.3, -0.25) is 0 Å². The van der Waals surface area contributed by atoms with E-state index in [9.17, 15) is 4.39 Å². The summed E-state index contributed by atoms with van der Waals surface area (Å²) in [7, 11) is 0. The number of nitrogens with one attached hydrogen (secondary N) is 1. The second-order valence-corrected chi connectivity index (χ2v) is 5.92. The Morgan fingerprint density at radius 3 is 2.65 bits per heavy atom. The van der Waals surface area contributed by atoms with E-state index in [4.69, 9.17) is 10.5 Å². The SMILES string of the molecule is CC(C)Oc1cc(Nc2cccc(I)c2)c(N)cc1F. The van der Waals surface area contributed by atoms with Crippen molar-refractivity contribution in [1.82, 2.24) is 0 Å². The zero-order valence-corrected chi connectivity index (χ0v) is 13.4. The highest BCUT2D eigenvalue weighted by atomic mass is 127. The number of hydrogen-bond donors (Lipinski definition) is 2. The fraction of sp³-hybridized carbons (Fsp3) is 0.200. The van der Waals surface area contributed by atoms with Gasteiger partial charge in [0.15, 0.2) is 11.6 Å². The van der Waals surface area contributed by atoms with Gasteiger partial charge in [0, 0.05) is 21.4 Å². The number of rotatable bonds is 4. The van der Waals surface area contributed by atoms with E-state index >= 15 is 0 Å². The smallest absolute Gasteiger partial charge is 0.167 e. The molecule has 0 saturated carbocycles. The van der Waals surface area contributed by atoms with E-state index in [2.05, 4.69) is 27.9 Å². The minimum atomic E-state index is -0.454. The molecule has 3 nitrogen and oxygen atoms in total. The molecule has 20 heavy (non-hydrogen) atoms. The lowest BCUT2D eigenvalue weighted by molar-refractivity contribution is 0.231. The molecule has 0 bridgehead atoms. The molecule has 0 aliphatic rings. The maximum atomic E-state index is 13.8. The van der Waals surface area contributed by atoms with Crippen molar-refractivity contribution in [2.75, 3.05) is 11.1 Å². The molecule has 2 rings (SSSR count). The summed E-state index contributed by atoms with van der Waals surface area (Å²) >= 11 is 2.23. The molecule has 3 N–H and O–H groups in total. The van der Waals surface area contributed by atoms with Crippen LogP contribution in [0.2, 0.25) is 0 Å². The van der Waals surface area contributed by atoms with Crippen molar-refractivity contribution in [3.8, 4) is 5.75 Å². The number of halogens is 2. The van der Waals surface area contributed by atoms with E-state index in [1.807, 2.05) is 38.1 Å². The first kappa shape index (κ1) is 14.9. The highest BCUT2D eigenvalue weighted by Crippen LogP contribution is 2.31. The standard InChI is InChI=1S/C15H16FIN2O/c1-9(2)20-15-8-14(13(18)7-12(15)16)19-11-5-3-4-10(17)6-11/h3-9,19H,18H2,1-2H3. The zero-order chi connectivity index (χ0) is 14.7. The van der Waals surface area contributed by atoms with Crippen molar-refractivity contribution >= 4 is 39.7 Å². The molecule has 0 amide bonds. The van der Waals surface area contributed by atoms with Gasteiger partial charge in [-0.2, -0.15) is 0 Å². The third-order valence-corrected chi connectivity index (χ3v) is 3.24. The molecule has 0 aliphatic heterocycles. The van der Waals surface area contributed by atoms with Crippen LogP contribution < -0.4 is 15.8 Å². The van der Waals surface area contributed by atoms with Crippen molar-refractivity contribution in [2.24, 2.45) is 0 Å². The van der Waals surface area contributed by atoms with Gasteiger partial charge in [0.2, 0.25) is 0 Å². The molecular weight excluding hydrogens is 370 g/mol. The third-order valence-electron chi connectivity index (χ3n) is 2.57. The van der Waals surface area contributed by atoms with Gasteiger partial charge in [0.05, 0.1) is 17.5 Å². The molecule has 0 atom stereocenters. The summed E-state index contributed by atoms with van der Waals surface area (Å²) in [5.41, 5.74) is 7.71. The molecule has 0 unspecified atom stereocenters. The van der Waals surface area contributed by atoms with Gasteiger partial charge < -0.3 is 15.8 Å². The summed E-state index contributed by atoms with van der Waals surface area (Å²) in [5.74, 6) is -0.258. The topological polar surface area (TPSA) is 47.3 Å². The second kappa shape index (κ2) is 6.30. The van der Waals surface area contributed by atoms with Crippen molar-refractivity contribution < 1.29 is 9.13 Å². The molecule has 0 aromatic heterocycles. The normalized spacial score (nSPS) is 10.7. The summed E-state index contributed by atoms with van der Waals surface area (Å²) in [4.78, 5) is 0. The number of ether oxygens (including phenoxy) is 1. The lowest BCUT2D eigenvalue weighted by Crippen LogP contribution is -2.08. The Balaban J connectivity index is 2.31. The van der Waals surface area contributed by atoms with E-state index < -0.39 is 5.82 Å². The van der Waals surface area contributed by atoms with Crippen LogP contribution in [0, 0.1) is 9.39 Å². The van der Waals surface area contributed by atoms with Crippen LogP contribution >= 0.6 is 22.6 Å². The molecule has 0 saturated heterocycles. The Morgan fingerprint density at radius 2 is 2.00 bits per heavy atom. The first-order valence-electron chi connectivity index (χ1n) is 6.24. The van der Waals surface area contributed by atoms with Crippen LogP contribution in [0.3, 0.4) is 0 Å². The van der Waals surface area contributed by atoms with Crippen molar-refractivity contribution in [3.63, 3.8) is 0 Å². The van der Waals surface area contributed by atoms with Crippen LogP contribution in [0.5, 0.6) is 5.75 Å². The quantitative estimate of drug-likeness (QED) is 0.599. The molecule has 0 fully saturated rings. The summed E-state index contributed by atoms with van der Waals surface area (Å²) in [6, 6.07) is 10.7. The molecule has 106 valence electrons. The minimum absolute atomic E-state index is 0.0985. The molecular formula is C15H16FIN2O. The average Bonchev–Trinajstić information content (AvgIpc) is 2.34. The number of benzene rings is 2. The maximum Gasteiger partial charge on any atom is 0.167 e. The fourth-order valence-corrected chi connectivity index (χ4v) is 2.29. The first-order valence-corrected chi connectivity index (χ1v) is 7.32. The lowest BCUT2D eigenvalue weighted by atomic mass is 10.2. The van der Waals surface area contributed by atoms with Crippen molar-refractivity contribution in [2.45, 2.75) is 20.0 Å². The monoisotopic (exact) mass is 386 g/mol. The molecule has 0 radical (unpaired) electrons. The summed E-state index contributed by atoms with van der Waals surface area (Å²) in [6.07, 6.45) is -0.0985. The highest BCUT2D eigenvalue weighted by molar-refractivity contribution is 14.1. The Bertz CT molecular complexity index is 617. The van der Waals surface area contributed by atoms with E-state index in [1.165, 1.54) is 6.07 Å². The van der Waals surface area contributed by atoms with Gasteiger partial charge in [-0.25, -0.2) is 4.39 Å². The minimum Gasteiger partial charge on any atom is -0.488 e. The number of nitrogen functional groups attached to an aromatic ring is 1. The van der Waals surface area contributed by atoms with Crippen LogP contribution in [0.1, 0.15) is 13.8 Å².